The fourth-order valence-electron chi connectivity index (χ4n) is 5.93. The van der Waals surface area contributed by atoms with Gasteiger partial charge in [-0.15, -0.1) is 0 Å². The van der Waals surface area contributed by atoms with Crippen molar-refractivity contribution >= 4 is 16.7 Å². The molecular weight excluding hydrogens is 476 g/mol. The molecule has 4 rings (SSSR count). The molecule has 1 aliphatic rings. The summed E-state index contributed by atoms with van der Waals surface area (Å²) in [5.74, 6) is -1.88. The Hall–Kier alpha value is -3.00. The zero-order chi connectivity index (χ0) is 26.9. The molecule has 3 aromatic rings. The summed E-state index contributed by atoms with van der Waals surface area (Å²) in [4.78, 5) is 30.7. The number of rotatable bonds is 9. The van der Waals surface area contributed by atoms with Crippen molar-refractivity contribution in [2.75, 3.05) is 26.7 Å². The summed E-state index contributed by atoms with van der Waals surface area (Å²) in [5.41, 5.74) is 3.55. The zero-order valence-electron chi connectivity index (χ0n) is 22.4. The van der Waals surface area contributed by atoms with Crippen LogP contribution in [0.15, 0.2) is 35.1 Å². The predicted molar refractivity (Wildman–Crippen MR) is 142 cm³/mol. The fraction of sp³-hybridized carbons (Fsp3) is 0.517. The number of nitrogens with zero attached hydrogens (tertiary/aromatic N) is 2. The van der Waals surface area contributed by atoms with Crippen molar-refractivity contribution in [2.24, 2.45) is 5.92 Å². The zero-order valence-corrected chi connectivity index (χ0v) is 22.4. The number of halogens is 2. The Morgan fingerprint density at radius 1 is 1.22 bits per heavy atom. The summed E-state index contributed by atoms with van der Waals surface area (Å²) in [5, 5.41) is 0.907. The first-order valence-corrected chi connectivity index (χ1v) is 13.0. The van der Waals surface area contributed by atoms with Gasteiger partial charge in [0.1, 0.15) is 5.75 Å². The quantitative estimate of drug-likeness (QED) is 0.373. The summed E-state index contributed by atoms with van der Waals surface area (Å²) >= 11 is 0. The Kier molecular flexibility index (Phi) is 7.88. The highest BCUT2D eigenvalue weighted by Crippen LogP contribution is 2.36. The smallest absolute Gasteiger partial charge is 0.257 e. The van der Waals surface area contributed by atoms with Crippen LogP contribution in [0.3, 0.4) is 0 Å². The molecule has 37 heavy (non-hydrogen) atoms. The number of pyridine rings is 1. The van der Waals surface area contributed by atoms with E-state index in [2.05, 4.69) is 16.5 Å². The van der Waals surface area contributed by atoms with Gasteiger partial charge in [-0.1, -0.05) is 18.2 Å². The molecule has 1 aliphatic heterocycles. The molecule has 1 saturated heterocycles. The summed E-state index contributed by atoms with van der Waals surface area (Å²) in [6, 6.07) is 9.82. The van der Waals surface area contributed by atoms with E-state index in [1.807, 2.05) is 36.1 Å². The number of alkyl halides is 2. The van der Waals surface area contributed by atoms with Crippen molar-refractivity contribution in [3.8, 4) is 5.75 Å². The van der Waals surface area contributed by atoms with Crippen LogP contribution < -0.4 is 10.3 Å². The number of ketones is 1. The molecule has 0 bridgehead atoms. The second kappa shape index (κ2) is 10.8. The summed E-state index contributed by atoms with van der Waals surface area (Å²) in [6.07, 6.45) is 2.15. The minimum absolute atomic E-state index is 0.0123. The number of carbonyl (C=O) groups is 1. The third-order valence-corrected chi connectivity index (χ3v) is 7.71. The number of benzene rings is 1. The molecule has 0 saturated carbocycles. The highest BCUT2D eigenvalue weighted by Gasteiger charge is 2.32. The molecule has 6 nitrogen and oxygen atoms in total. The van der Waals surface area contributed by atoms with Crippen LogP contribution in [0.4, 0.5) is 8.78 Å². The monoisotopic (exact) mass is 513 g/mol. The van der Waals surface area contributed by atoms with Gasteiger partial charge in [-0.3, -0.25) is 14.5 Å². The minimum Gasteiger partial charge on any atom is -0.496 e. The molecule has 0 aliphatic carbocycles. The Morgan fingerprint density at radius 2 is 1.89 bits per heavy atom. The van der Waals surface area contributed by atoms with Gasteiger partial charge in [-0.25, -0.2) is 8.78 Å². The molecule has 2 aromatic heterocycles. The van der Waals surface area contributed by atoms with Gasteiger partial charge in [0.05, 0.1) is 19.2 Å². The lowest BCUT2D eigenvalue weighted by molar-refractivity contribution is -0.0239. The second-order valence-electron chi connectivity index (χ2n) is 10.5. The van der Waals surface area contributed by atoms with Crippen LogP contribution in [-0.2, 0) is 6.42 Å². The van der Waals surface area contributed by atoms with Gasteiger partial charge in [0, 0.05) is 47.2 Å². The Morgan fingerprint density at radius 3 is 2.54 bits per heavy atom. The number of aromatic amines is 1. The first kappa shape index (κ1) is 27.0. The van der Waals surface area contributed by atoms with Crippen LogP contribution in [0.2, 0.25) is 0 Å². The maximum Gasteiger partial charge on any atom is 0.257 e. The van der Waals surface area contributed by atoms with Crippen LogP contribution >= 0.6 is 0 Å². The van der Waals surface area contributed by atoms with E-state index in [0.717, 1.165) is 36.4 Å². The number of methoxy groups -OCH3 is 1. The van der Waals surface area contributed by atoms with E-state index in [-0.39, 0.29) is 36.8 Å². The van der Waals surface area contributed by atoms with Gasteiger partial charge in [0.2, 0.25) is 0 Å². The van der Waals surface area contributed by atoms with E-state index < -0.39 is 5.92 Å². The van der Waals surface area contributed by atoms with Crippen LogP contribution in [0, 0.1) is 19.8 Å². The molecular formula is C29H37F2N3O3. The summed E-state index contributed by atoms with van der Waals surface area (Å²) in [6.45, 7) is 8.01. The van der Waals surface area contributed by atoms with Crippen molar-refractivity contribution in [1.29, 1.82) is 0 Å². The maximum atomic E-state index is 13.6. The van der Waals surface area contributed by atoms with Crippen molar-refractivity contribution in [3.05, 3.63) is 63.2 Å². The van der Waals surface area contributed by atoms with E-state index in [1.165, 1.54) is 7.11 Å². The van der Waals surface area contributed by atoms with Gasteiger partial charge in [-0.2, -0.15) is 0 Å². The molecule has 1 aromatic carbocycles. The van der Waals surface area contributed by atoms with Gasteiger partial charge in [-0.05, 0) is 71.2 Å². The van der Waals surface area contributed by atoms with E-state index in [0.29, 0.717) is 41.6 Å². The first-order valence-electron chi connectivity index (χ1n) is 13.0. The first-order chi connectivity index (χ1) is 17.5. The van der Waals surface area contributed by atoms with E-state index in [1.54, 1.807) is 13.0 Å². The van der Waals surface area contributed by atoms with Crippen molar-refractivity contribution < 1.29 is 18.3 Å². The molecule has 1 atom stereocenters. The number of fused-ring (bicyclic) bond motifs is 1. The number of H-pyrrole nitrogens is 1. The van der Waals surface area contributed by atoms with Crippen molar-refractivity contribution in [1.82, 2.24) is 14.5 Å². The van der Waals surface area contributed by atoms with Crippen LogP contribution in [-0.4, -0.2) is 52.9 Å². The van der Waals surface area contributed by atoms with Crippen LogP contribution in [0.25, 0.3) is 10.9 Å². The van der Waals surface area contributed by atoms with E-state index in [9.17, 15) is 18.4 Å². The van der Waals surface area contributed by atoms with Gasteiger partial charge in [0.25, 0.3) is 11.5 Å². The van der Waals surface area contributed by atoms with E-state index >= 15 is 0 Å². The van der Waals surface area contributed by atoms with Gasteiger partial charge >= 0.3 is 0 Å². The third-order valence-electron chi connectivity index (χ3n) is 7.71. The third kappa shape index (κ3) is 5.79. The van der Waals surface area contributed by atoms with Crippen molar-refractivity contribution in [3.63, 3.8) is 0 Å². The largest absolute Gasteiger partial charge is 0.496 e. The lowest BCUT2D eigenvalue weighted by atomic mass is 9.89. The van der Waals surface area contributed by atoms with Crippen LogP contribution in [0.5, 0.6) is 5.75 Å². The number of likely N-dealkylation sites (tertiary alicyclic amines) is 1. The number of hydrogen-bond donors (Lipinski definition) is 1. The molecule has 0 spiro atoms. The second-order valence-corrected chi connectivity index (χ2v) is 10.5. The SMILES string of the molecule is COc1cc(C)[nH]c(=O)c1CCC(=O)c1c(C)n([C@H](C)C2CCN(CC(C)(F)F)CC2)c2ccccc12. The molecule has 1 N–H and O–H groups in total. The molecule has 0 amide bonds. The average Bonchev–Trinajstić information content (AvgIpc) is 3.13. The number of ether oxygens (including phenoxy) is 1. The van der Waals surface area contributed by atoms with Crippen LogP contribution in [0.1, 0.15) is 66.5 Å². The lowest BCUT2D eigenvalue weighted by Gasteiger charge is -2.37. The maximum absolute atomic E-state index is 13.6. The summed E-state index contributed by atoms with van der Waals surface area (Å²) < 4.78 is 34.6. The Bertz CT molecular complexity index is 1330. The average molecular weight is 514 g/mol. The number of carbonyl (C=O) groups excluding carboxylic acids is 1. The summed E-state index contributed by atoms with van der Waals surface area (Å²) in [7, 11) is 1.52. The number of para-hydroxylation sites is 1. The number of aryl methyl sites for hydroxylation is 1. The molecule has 200 valence electrons. The Labute approximate surface area is 216 Å². The molecule has 0 unspecified atom stereocenters. The normalized spacial score (nSPS) is 16.3. The lowest BCUT2D eigenvalue weighted by Crippen LogP contribution is -2.41. The number of Topliss-reactive ketones (excluding diaryl/α,β-unsaturated/α-hetero) is 1. The molecule has 0 radical (unpaired) electrons. The van der Waals surface area contributed by atoms with Gasteiger partial charge in [0.15, 0.2) is 5.78 Å². The fourth-order valence-corrected chi connectivity index (χ4v) is 5.93. The topological polar surface area (TPSA) is 67.3 Å². The Balaban J connectivity index is 1.58. The number of nitrogens with one attached hydrogen (secondary N) is 1. The highest BCUT2D eigenvalue weighted by atomic mass is 19.3. The molecule has 1 fully saturated rings. The number of aromatic nitrogens is 2. The standard InChI is InChI=1S/C29H37F2N3O3/c1-18-16-26(37-5)23(28(36)32-18)10-11-25(35)27-20(3)34(24-9-7-6-8-22(24)27)19(2)21-12-14-33(15-13-21)17-29(4,30)31/h6-9,16,19,21H,10-15,17H2,1-5H3,(H,32,36)/t19-/m1/s1. The molecule has 3 heterocycles. The number of hydrogen-bond acceptors (Lipinski definition) is 4. The van der Waals surface area contributed by atoms with Crippen molar-refractivity contribution in [2.45, 2.75) is 65.3 Å². The number of piperidine rings is 1. The molecule has 8 heteroatoms. The predicted octanol–water partition coefficient (Wildman–Crippen LogP) is 5.70. The minimum atomic E-state index is -2.69. The van der Waals surface area contributed by atoms with Gasteiger partial charge < -0.3 is 14.3 Å². The highest BCUT2D eigenvalue weighted by molar-refractivity contribution is 6.09. The van der Waals surface area contributed by atoms with E-state index in [4.69, 9.17) is 4.74 Å².